The number of ether oxygens (including phenoxy) is 1. The molecule has 1 aliphatic rings. The fourth-order valence-corrected chi connectivity index (χ4v) is 3.80. The Hall–Kier alpha value is -0.660. The van der Waals surface area contributed by atoms with Crippen molar-refractivity contribution in [3.8, 4) is 0 Å². The monoisotopic (exact) mass is 278 g/mol. The molecule has 0 bridgehead atoms. The molecule has 1 aliphatic heterocycles. The van der Waals surface area contributed by atoms with Gasteiger partial charge < -0.3 is 10.1 Å². The van der Waals surface area contributed by atoms with Gasteiger partial charge in [0.1, 0.15) is 0 Å². The van der Waals surface area contributed by atoms with Crippen molar-refractivity contribution in [2.75, 3.05) is 26.0 Å². The van der Waals surface area contributed by atoms with E-state index in [1.807, 2.05) is 13.8 Å². The Morgan fingerprint density at radius 3 is 2.39 bits per heavy atom. The van der Waals surface area contributed by atoms with Crippen LogP contribution < -0.4 is 5.32 Å². The van der Waals surface area contributed by atoms with Crippen molar-refractivity contribution in [1.29, 1.82) is 0 Å². The van der Waals surface area contributed by atoms with Gasteiger partial charge in [-0.3, -0.25) is 4.79 Å². The van der Waals surface area contributed by atoms with Crippen LogP contribution >= 0.6 is 0 Å². The summed E-state index contributed by atoms with van der Waals surface area (Å²) in [6.45, 7) is 4.91. The number of nitrogens with zero attached hydrogens (tertiary/aromatic N) is 1. The van der Waals surface area contributed by atoms with Gasteiger partial charge in [-0.1, -0.05) is 0 Å². The van der Waals surface area contributed by atoms with Crippen molar-refractivity contribution in [1.82, 2.24) is 9.62 Å². The van der Waals surface area contributed by atoms with Gasteiger partial charge in [0, 0.05) is 31.6 Å². The Balaban J connectivity index is 2.50. The van der Waals surface area contributed by atoms with Crippen LogP contribution in [0.1, 0.15) is 26.7 Å². The lowest BCUT2D eigenvalue weighted by molar-refractivity contribution is -0.140. The Morgan fingerprint density at radius 1 is 1.33 bits per heavy atom. The van der Waals surface area contributed by atoms with E-state index in [0.717, 1.165) is 0 Å². The van der Waals surface area contributed by atoms with Crippen LogP contribution in [0.25, 0.3) is 0 Å². The first-order valence-electron chi connectivity index (χ1n) is 6.16. The highest BCUT2D eigenvalue weighted by Gasteiger charge is 2.29. The molecule has 0 aromatic carbocycles. The van der Waals surface area contributed by atoms with E-state index >= 15 is 0 Å². The van der Waals surface area contributed by atoms with Crippen molar-refractivity contribution in [2.24, 2.45) is 0 Å². The third-order valence-electron chi connectivity index (χ3n) is 2.93. The second-order valence-electron chi connectivity index (χ2n) is 4.78. The van der Waals surface area contributed by atoms with Crippen molar-refractivity contribution in [3.63, 3.8) is 0 Å². The summed E-state index contributed by atoms with van der Waals surface area (Å²) in [7, 11) is -1.97. The predicted octanol–water partition coefficient (Wildman–Crippen LogP) is -0.0484. The van der Waals surface area contributed by atoms with Crippen LogP contribution in [0.15, 0.2) is 0 Å². The molecule has 1 saturated heterocycles. The zero-order chi connectivity index (χ0) is 13.8. The lowest BCUT2D eigenvalue weighted by Gasteiger charge is -2.35. The summed E-state index contributed by atoms with van der Waals surface area (Å²) in [6, 6.07) is 0.313. The van der Waals surface area contributed by atoms with Gasteiger partial charge in [0.2, 0.25) is 10.0 Å². The van der Waals surface area contributed by atoms with Gasteiger partial charge >= 0.3 is 5.97 Å². The molecule has 1 heterocycles. The van der Waals surface area contributed by atoms with Gasteiger partial charge in [-0.15, -0.1) is 0 Å². The normalized spacial score (nSPS) is 25.9. The zero-order valence-corrected chi connectivity index (χ0v) is 12.0. The van der Waals surface area contributed by atoms with Gasteiger partial charge in [-0.25, -0.2) is 8.42 Å². The number of carbonyl (C=O) groups is 1. The van der Waals surface area contributed by atoms with Crippen molar-refractivity contribution in [3.05, 3.63) is 0 Å². The number of hydrogen-bond donors (Lipinski definition) is 1. The number of esters is 1. The molecule has 0 aromatic heterocycles. The molecule has 6 nitrogen and oxygen atoms in total. The molecule has 106 valence electrons. The van der Waals surface area contributed by atoms with E-state index in [-0.39, 0.29) is 30.2 Å². The Morgan fingerprint density at radius 2 is 1.89 bits per heavy atom. The molecule has 0 aliphatic carbocycles. The highest BCUT2D eigenvalue weighted by Crippen LogP contribution is 2.11. The van der Waals surface area contributed by atoms with Gasteiger partial charge in [0.05, 0.1) is 12.9 Å². The largest absolute Gasteiger partial charge is 0.469 e. The number of carbonyl (C=O) groups excluding carboxylic acids is 1. The minimum Gasteiger partial charge on any atom is -0.469 e. The SMILES string of the molecule is COC(=O)CCCS(=O)(=O)N1CC(C)NC(C)C1. The van der Waals surface area contributed by atoms with Crippen LogP contribution in [0.5, 0.6) is 0 Å². The van der Waals surface area contributed by atoms with Gasteiger partial charge in [0.25, 0.3) is 0 Å². The summed E-state index contributed by atoms with van der Waals surface area (Å²) >= 11 is 0. The number of sulfonamides is 1. The van der Waals surface area contributed by atoms with E-state index in [4.69, 9.17) is 0 Å². The predicted molar refractivity (Wildman–Crippen MR) is 68.7 cm³/mol. The molecule has 0 aromatic rings. The molecule has 0 amide bonds. The fourth-order valence-electron chi connectivity index (χ4n) is 2.13. The van der Waals surface area contributed by atoms with Crippen LogP contribution in [-0.4, -0.2) is 56.7 Å². The summed E-state index contributed by atoms with van der Waals surface area (Å²) in [6.07, 6.45) is 0.453. The summed E-state index contributed by atoms with van der Waals surface area (Å²) in [5.74, 6) is -0.367. The average Bonchev–Trinajstić information content (AvgIpc) is 2.27. The van der Waals surface area contributed by atoms with Crippen LogP contribution in [0.4, 0.5) is 0 Å². The molecule has 0 saturated carbocycles. The number of nitrogens with one attached hydrogen (secondary N) is 1. The maximum atomic E-state index is 12.1. The third kappa shape index (κ3) is 4.55. The van der Waals surface area contributed by atoms with Crippen LogP contribution in [-0.2, 0) is 19.6 Å². The number of rotatable bonds is 5. The van der Waals surface area contributed by atoms with E-state index in [0.29, 0.717) is 19.5 Å². The topological polar surface area (TPSA) is 75.7 Å². The van der Waals surface area contributed by atoms with E-state index in [9.17, 15) is 13.2 Å². The Labute approximate surface area is 109 Å². The number of piperazine rings is 1. The molecule has 1 N–H and O–H groups in total. The first kappa shape index (κ1) is 15.4. The Bertz CT molecular complexity index is 373. The summed E-state index contributed by atoms with van der Waals surface area (Å²) in [4.78, 5) is 10.9. The summed E-state index contributed by atoms with van der Waals surface area (Å²) in [5.41, 5.74) is 0. The molecule has 1 fully saturated rings. The molecular formula is C11H22N2O4S. The van der Waals surface area contributed by atoms with Crippen molar-refractivity contribution >= 4 is 16.0 Å². The molecule has 18 heavy (non-hydrogen) atoms. The second kappa shape index (κ2) is 6.49. The smallest absolute Gasteiger partial charge is 0.305 e. The van der Waals surface area contributed by atoms with Gasteiger partial charge in [0.15, 0.2) is 0 Å². The fraction of sp³-hybridized carbons (Fsp3) is 0.909. The van der Waals surface area contributed by atoms with Crippen LogP contribution in [0, 0.1) is 0 Å². The molecule has 1 rings (SSSR count). The second-order valence-corrected chi connectivity index (χ2v) is 6.87. The average molecular weight is 278 g/mol. The maximum Gasteiger partial charge on any atom is 0.305 e. The third-order valence-corrected chi connectivity index (χ3v) is 4.82. The highest BCUT2D eigenvalue weighted by atomic mass is 32.2. The van der Waals surface area contributed by atoms with E-state index < -0.39 is 10.0 Å². The lowest BCUT2D eigenvalue weighted by atomic mass is 10.2. The molecule has 0 radical (unpaired) electrons. The molecule has 0 spiro atoms. The van der Waals surface area contributed by atoms with Gasteiger partial charge in [-0.2, -0.15) is 4.31 Å². The van der Waals surface area contributed by atoms with Crippen molar-refractivity contribution in [2.45, 2.75) is 38.8 Å². The minimum absolute atomic E-state index is 0.00153. The van der Waals surface area contributed by atoms with E-state index in [2.05, 4.69) is 10.1 Å². The van der Waals surface area contributed by atoms with Crippen LogP contribution in [0.2, 0.25) is 0 Å². The number of methoxy groups -OCH3 is 1. The van der Waals surface area contributed by atoms with Crippen LogP contribution in [0.3, 0.4) is 0 Å². The Kier molecular flexibility index (Phi) is 5.55. The standard InChI is InChI=1S/C11H22N2O4S/c1-9-7-13(8-10(2)12-9)18(15,16)6-4-5-11(14)17-3/h9-10,12H,4-8H2,1-3H3. The molecule has 2 unspecified atom stereocenters. The first-order valence-corrected chi connectivity index (χ1v) is 7.76. The van der Waals surface area contributed by atoms with E-state index in [1.54, 1.807) is 0 Å². The zero-order valence-electron chi connectivity index (χ0n) is 11.2. The maximum absolute atomic E-state index is 12.1. The van der Waals surface area contributed by atoms with Gasteiger partial charge in [-0.05, 0) is 20.3 Å². The molecule has 2 atom stereocenters. The summed E-state index contributed by atoms with van der Waals surface area (Å²) in [5, 5.41) is 3.28. The highest BCUT2D eigenvalue weighted by molar-refractivity contribution is 7.89. The quantitative estimate of drug-likeness (QED) is 0.714. The molecular weight excluding hydrogens is 256 g/mol. The number of hydrogen-bond acceptors (Lipinski definition) is 5. The lowest BCUT2D eigenvalue weighted by Crippen LogP contribution is -2.56. The molecule has 7 heteroatoms. The van der Waals surface area contributed by atoms with E-state index in [1.165, 1.54) is 11.4 Å². The first-order chi connectivity index (χ1) is 8.35. The minimum atomic E-state index is -3.27. The summed E-state index contributed by atoms with van der Waals surface area (Å²) < 4.78 is 30.2. The van der Waals surface area contributed by atoms with Crippen molar-refractivity contribution < 1.29 is 17.9 Å².